The fraction of sp³-hybridized carbons (Fsp3) is 0.875. The maximum Gasteiger partial charge on any atom is 0.328 e. The third-order valence-electron chi connectivity index (χ3n) is 3.32. The van der Waals surface area contributed by atoms with Crippen molar-refractivity contribution < 1.29 is 14.3 Å². The number of nitrogens with zero attached hydrogens (tertiary/aromatic N) is 1. The number of hydrogen-bond acceptors (Lipinski definition) is 3. The molecule has 1 aliphatic heterocycles. The number of esters is 1. The van der Waals surface area contributed by atoms with E-state index in [1.54, 1.807) is 4.90 Å². The molecule has 4 heteroatoms. The van der Waals surface area contributed by atoms with Crippen molar-refractivity contribution >= 4 is 11.9 Å². The van der Waals surface area contributed by atoms with Crippen LogP contribution in [0.25, 0.3) is 0 Å². The molecule has 4 nitrogen and oxygen atoms in total. The molecule has 1 amide bonds. The molecule has 0 N–H and O–H groups in total. The second kappa shape index (κ2) is 6.15. The van der Waals surface area contributed by atoms with E-state index in [9.17, 15) is 9.59 Å². The Kier molecular flexibility index (Phi) is 5.22. The van der Waals surface area contributed by atoms with E-state index in [1.807, 2.05) is 41.5 Å². The first kappa shape index (κ1) is 17.0. The molecule has 0 spiro atoms. The van der Waals surface area contributed by atoms with Crippen molar-refractivity contribution in [3.8, 4) is 0 Å². The normalized spacial score (nSPS) is 20.7. The number of likely N-dealkylation sites (tertiary alicyclic amines) is 1. The molecule has 0 radical (unpaired) electrons. The molecule has 1 saturated heterocycles. The molecule has 1 unspecified atom stereocenters. The zero-order valence-corrected chi connectivity index (χ0v) is 13.8. The van der Waals surface area contributed by atoms with Crippen LogP contribution in [0.4, 0.5) is 0 Å². The smallest absolute Gasteiger partial charge is 0.328 e. The predicted molar refractivity (Wildman–Crippen MR) is 79.2 cm³/mol. The van der Waals surface area contributed by atoms with Gasteiger partial charge in [-0.1, -0.05) is 41.5 Å². The Bertz CT molecular complexity index is 363. The molecule has 1 heterocycles. The van der Waals surface area contributed by atoms with Crippen LogP contribution in [-0.4, -0.2) is 36.0 Å². The summed E-state index contributed by atoms with van der Waals surface area (Å²) in [6.45, 7) is 12.8. The Morgan fingerprint density at radius 2 is 1.70 bits per heavy atom. The van der Waals surface area contributed by atoms with Gasteiger partial charge in [-0.3, -0.25) is 4.79 Å². The summed E-state index contributed by atoms with van der Waals surface area (Å²) in [6, 6.07) is -0.405. The molecule has 20 heavy (non-hydrogen) atoms. The molecular weight excluding hydrogens is 254 g/mol. The fourth-order valence-electron chi connectivity index (χ4n) is 2.23. The lowest BCUT2D eigenvalue weighted by atomic mass is 9.91. The van der Waals surface area contributed by atoms with Crippen molar-refractivity contribution in [3.63, 3.8) is 0 Å². The van der Waals surface area contributed by atoms with Crippen LogP contribution in [0.2, 0.25) is 0 Å². The van der Waals surface area contributed by atoms with Crippen molar-refractivity contribution in [2.24, 2.45) is 10.8 Å². The Labute approximate surface area is 122 Å². The van der Waals surface area contributed by atoms with Gasteiger partial charge >= 0.3 is 5.97 Å². The Balaban J connectivity index is 2.74. The minimum atomic E-state index is -0.458. The van der Waals surface area contributed by atoms with E-state index < -0.39 is 11.5 Å². The Hall–Kier alpha value is -1.06. The minimum absolute atomic E-state index is 0.0370. The Morgan fingerprint density at radius 1 is 1.10 bits per heavy atom. The SMILES string of the molecule is CC(C)(C)COC(=O)C1CCCCN1C(=O)C(C)(C)C. The fourth-order valence-corrected chi connectivity index (χ4v) is 2.23. The van der Waals surface area contributed by atoms with Gasteiger partial charge in [0.15, 0.2) is 0 Å². The van der Waals surface area contributed by atoms with Crippen molar-refractivity contribution in [1.82, 2.24) is 4.90 Å². The van der Waals surface area contributed by atoms with E-state index in [0.717, 1.165) is 12.8 Å². The first-order chi connectivity index (χ1) is 9.02. The number of ether oxygens (including phenoxy) is 1. The van der Waals surface area contributed by atoms with Gasteiger partial charge in [0.2, 0.25) is 5.91 Å². The van der Waals surface area contributed by atoms with E-state index >= 15 is 0 Å². The number of piperidine rings is 1. The highest BCUT2D eigenvalue weighted by Gasteiger charge is 2.38. The van der Waals surface area contributed by atoms with Gasteiger partial charge in [0.1, 0.15) is 6.04 Å². The minimum Gasteiger partial charge on any atom is -0.464 e. The quantitative estimate of drug-likeness (QED) is 0.732. The summed E-state index contributed by atoms with van der Waals surface area (Å²) >= 11 is 0. The van der Waals surface area contributed by atoms with Gasteiger partial charge in [0.05, 0.1) is 6.61 Å². The average molecular weight is 283 g/mol. The van der Waals surface area contributed by atoms with E-state index in [2.05, 4.69) is 0 Å². The molecule has 0 saturated carbocycles. The zero-order chi connectivity index (χ0) is 15.6. The van der Waals surface area contributed by atoms with Crippen LogP contribution in [0, 0.1) is 10.8 Å². The number of amides is 1. The summed E-state index contributed by atoms with van der Waals surface area (Å²) in [5.74, 6) is -0.216. The molecule has 0 aliphatic carbocycles. The van der Waals surface area contributed by atoms with Crippen LogP contribution in [-0.2, 0) is 14.3 Å². The number of carbonyl (C=O) groups is 2. The van der Waals surface area contributed by atoms with Gasteiger partial charge in [-0.05, 0) is 24.7 Å². The molecule has 0 aromatic carbocycles. The molecule has 0 bridgehead atoms. The van der Waals surface area contributed by atoms with Crippen LogP contribution in [0.5, 0.6) is 0 Å². The van der Waals surface area contributed by atoms with Crippen LogP contribution in [0.1, 0.15) is 60.8 Å². The summed E-state index contributed by atoms with van der Waals surface area (Å²) in [4.78, 5) is 26.4. The van der Waals surface area contributed by atoms with Gasteiger partial charge < -0.3 is 9.64 Å². The first-order valence-electron chi connectivity index (χ1n) is 7.50. The summed E-state index contributed by atoms with van der Waals surface area (Å²) in [5, 5.41) is 0. The largest absolute Gasteiger partial charge is 0.464 e. The number of carbonyl (C=O) groups excluding carboxylic acids is 2. The molecule has 1 aliphatic rings. The standard InChI is InChI=1S/C16H29NO3/c1-15(2,3)11-20-13(18)12-9-7-8-10-17(12)14(19)16(4,5)6/h12H,7-11H2,1-6H3. The summed E-state index contributed by atoms with van der Waals surface area (Å²) in [7, 11) is 0. The molecule has 1 fully saturated rings. The van der Waals surface area contributed by atoms with Crippen molar-refractivity contribution in [2.45, 2.75) is 66.8 Å². The van der Waals surface area contributed by atoms with Crippen LogP contribution in [0.15, 0.2) is 0 Å². The average Bonchev–Trinajstić information content (AvgIpc) is 2.33. The van der Waals surface area contributed by atoms with Gasteiger partial charge in [0, 0.05) is 12.0 Å². The molecular formula is C16H29NO3. The molecule has 116 valence electrons. The first-order valence-corrected chi connectivity index (χ1v) is 7.50. The van der Waals surface area contributed by atoms with E-state index in [0.29, 0.717) is 19.6 Å². The van der Waals surface area contributed by atoms with Crippen molar-refractivity contribution in [3.05, 3.63) is 0 Å². The zero-order valence-electron chi connectivity index (χ0n) is 13.8. The van der Waals surface area contributed by atoms with Crippen molar-refractivity contribution in [2.75, 3.05) is 13.2 Å². The van der Waals surface area contributed by atoms with Crippen LogP contribution >= 0.6 is 0 Å². The van der Waals surface area contributed by atoms with Gasteiger partial charge in [-0.2, -0.15) is 0 Å². The molecule has 1 rings (SSSR count). The predicted octanol–water partition coefficient (Wildman–Crippen LogP) is 3.00. The highest BCUT2D eigenvalue weighted by molar-refractivity contribution is 5.87. The molecule has 0 aromatic rings. The topological polar surface area (TPSA) is 46.6 Å². The van der Waals surface area contributed by atoms with E-state index in [4.69, 9.17) is 4.74 Å². The maximum atomic E-state index is 12.5. The summed E-state index contributed by atoms with van der Waals surface area (Å²) in [5.41, 5.74) is -0.511. The van der Waals surface area contributed by atoms with Gasteiger partial charge in [-0.15, -0.1) is 0 Å². The summed E-state index contributed by atoms with van der Waals surface area (Å²) in [6.07, 6.45) is 2.65. The van der Waals surface area contributed by atoms with E-state index in [1.165, 1.54) is 0 Å². The van der Waals surface area contributed by atoms with E-state index in [-0.39, 0.29) is 17.3 Å². The second-order valence-corrected chi connectivity index (χ2v) is 7.93. The Morgan fingerprint density at radius 3 is 2.20 bits per heavy atom. The van der Waals surface area contributed by atoms with Crippen molar-refractivity contribution in [1.29, 1.82) is 0 Å². The highest BCUT2D eigenvalue weighted by Crippen LogP contribution is 2.26. The van der Waals surface area contributed by atoms with Crippen LogP contribution in [0.3, 0.4) is 0 Å². The summed E-state index contributed by atoms with van der Waals surface area (Å²) < 4.78 is 5.41. The number of rotatable bonds is 2. The molecule has 0 aromatic heterocycles. The number of hydrogen-bond donors (Lipinski definition) is 0. The van der Waals surface area contributed by atoms with Gasteiger partial charge in [0.25, 0.3) is 0 Å². The van der Waals surface area contributed by atoms with Gasteiger partial charge in [-0.25, -0.2) is 4.79 Å². The van der Waals surface area contributed by atoms with Crippen LogP contribution < -0.4 is 0 Å². The maximum absolute atomic E-state index is 12.5. The third kappa shape index (κ3) is 4.80. The third-order valence-corrected chi connectivity index (χ3v) is 3.32. The second-order valence-electron chi connectivity index (χ2n) is 7.93. The lowest BCUT2D eigenvalue weighted by Crippen LogP contribution is -2.52. The molecule has 1 atom stereocenters. The highest BCUT2D eigenvalue weighted by atomic mass is 16.5. The monoisotopic (exact) mass is 283 g/mol. The lowest BCUT2D eigenvalue weighted by Gasteiger charge is -2.38. The lowest BCUT2D eigenvalue weighted by molar-refractivity contribution is -0.161.